The largest absolute Gasteiger partial charge is 0.453 e. The van der Waals surface area contributed by atoms with Crippen LogP contribution < -0.4 is 5.32 Å². The van der Waals surface area contributed by atoms with Crippen molar-refractivity contribution < 1.29 is 19.4 Å². The predicted octanol–water partition coefficient (Wildman–Crippen LogP) is -0.313. The van der Waals surface area contributed by atoms with E-state index >= 15 is 0 Å². The molecule has 1 atom stereocenters. The zero-order valence-electron chi connectivity index (χ0n) is 11.9. The summed E-state index contributed by atoms with van der Waals surface area (Å²) in [7, 11) is 1.25. The lowest BCUT2D eigenvalue weighted by atomic mass is 9.99. The van der Waals surface area contributed by atoms with Gasteiger partial charge in [-0.3, -0.25) is 10.1 Å². The molecule has 0 aliphatic carbocycles. The second-order valence-electron chi connectivity index (χ2n) is 4.95. The number of methoxy groups -OCH3 is 1. The van der Waals surface area contributed by atoms with Crippen molar-refractivity contribution in [1.82, 2.24) is 19.9 Å². The fourth-order valence-electron chi connectivity index (χ4n) is 2.27. The summed E-state index contributed by atoms with van der Waals surface area (Å²) in [6.07, 6.45) is 2.65. The minimum atomic E-state index is -0.643. The second kappa shape index (κ2) is 7.02. The first-order valence-electron chi connectivity index (χ1n) is 6.76. The van der Waals surface area contributed by atoms with Crippen LogP contribution in [0.15, 0.2) is 6.20 Å². The highest BCUT2D eigenvalue weighted by atomic mass is 16.5. The van der Waals surface area contributed by atoms with Gasteiger partial charge < -0.3 is 14.7 Å². The van der Waals surface area contributed by atoms with E-state index in [4.69, 9.17) is 0 Å². The van der Waals surface area contributed by atoms with E-state index in [1.54, 1.807) is 4.90 Å². The molecule has 1 saturated heterocycles. The Kier molecular flexibility index (Phi) is 5.09. The number of nitrogens with one attached hydrogen (secondary N) is 1. The van der Waals surface area contributed by atoms with E-state index in [0.717, 1.165) is 12.8 Å². The molecule has 0 aromatic carbocycles. The second-order valence-corrected chi connectivity index (χ2v) is 4.95. The summed E-state index contributed by atoms with van der Waals surface area (Å²) < 4.78 is 5.80. The number of rotatable bonds is 4. The van der Waals surface area contributed by atoms with Crippen LogP contribution in [-0.2, 0) is 16.1 Å². The number of anilines is 1. The minimum Gasteiger partial charge on any atom is -0.453 e. The van der Waals surface area contributed by atoms with Crippen LogP contribution in [0.3, 0.4) is 0 Å². The Bertz CT molecular complexity index is 504. The van der Waals surface area contributed by atoms with Gasteiger partial charge in [-0.05, 0) is 18.8 Å². The van der Waals surface area contributed by atoms with Crippen LogP contribution in [0, 0.1) is 5.92 Å². The lowest BCUT2D eigenvalue weighted by molar-refractivity contribution is -0.134. The molecule has 2 rings (SSSR count). The third-order valence-corrected chi connectivity index (χ3v) is 3.38. The maximum absolute atomic E-state index is 12.2. The van der Waals surface area contributed by atoms with Gasteiger partial charge in [0, 0.05) is 19.7 Å². The molecule has 0 radical (unpaired) electrons. The molecular formula is C12H19N5O4. The Labute approximate surface area is 121 Å². The first-order chi connectivity index (χ1) is 10.1. The summed E-state index contributed by atoms with van der Waals surface area (Å²) in [6.45, 7) is 1.41. The Morgan fingerprint density at radius 1 is 1.57 bits per heavy atom. The molecule has 0 saturated carbocycles. The number of hydrogen-bond donors (Lipinski definition) is 2. The molecule has 1 aromatic rings. The molecule has 1 aromatic heterocycles. The number of amides is 2. The summed E-state index contributed by atoms with van der Waals surface area (Å²) in [5.41, 5.74) is 0. The Morgan fingerprint density at radius 2 is 2.38 bits per heavy atom. The van der Waals surface area contributed by atoms with Gasteiger partial charge in [-0.15, -0.1) is 5.10 Å². The van der Waals surface area contributed by atoms with Gasteiger partial charge in [0.05, 0.1) is 13.3 Å². The molecule has 1 aliphatic rings. The van der Waals surface area contributed by atoms with Crippen molar-refractivity contribution in [2.24, 2.45) is 5.92 Å². The van der Waals surface area contributed by atoms with Crippen molar-refractivity contribution >= 4 is 17.8 Å². The van der Waals surface area contributed by atoms with Crippen molar-refractivity contribution in [2.75, 3.05) is 32.1 Å². The molecule has 9 heteroatoms. The molecule has 21 heavy (non-hydrogen) atoms. The number of hydrogen-bond acceptors (Lipinski definition) is 6. The van der Waals surface area contributed by atoms with Gasteiger partial charge in [0.15, 0.2) is 5.82 Å². The van der Waals surface area contributed by atoms with Crippen LogP contribution in [0.1, 0.15) is 12.8 Å². The number of carbonyl (C=O) groups excluding carboxylic acids is 2. The summed E-state index contributed by atoms with van der Waals surface area (Å²) in [4.78, 5) is 24.9. The molecule has 116 valence electrons. The third-order valence-electron chi connectivity index (χ3n) is 3.38. The van der Waals surface area contributed by atoms with E-state index < -0.39 is 6.09 Å². The zero-order valence-corrected chi connectivity index (χ0v) is 11.9. The first kappa shape index (κ1) is 15.2. The smallest absolute Gasteiger partial charge is 0.412 e. The number of aromatic nitrogens is 3. The lowest BCUT2D eigenvalue weighted by Gasteiger charge is -2.31. The summed E-state index contributed by atoms with van der Waals surface area (Å²) in [5.74, 6) is 0.291. The number of carbonyl (C=O) groups is 2. The molecular weight excluding hydrogens is 278 g/mol. The number of nitrogens with zero attached hydrogens (tertiary/aromatic N) is 4. The van der Waals surface area contributed by atoms with Crippen LogP contribution in [0.4, 0.5) is 10.6 Å². The Hall–Kier alpha value is -2.16. The van der Waals surface area contributed by atoms with Crippen LogP contribution in [-0.4, -0.2) is 63.8 Å². The summed E-state index contributed by atoms with van der Waals surface area (Å²) in [5, 5.41) is 19.0. The summed E-state index contributed by atoms with van der Waals surface area (Å²) >= 11 is 0. The molecule has 2 heterocycles. The van der Waals surface area contributed by atoms with Crippen molar-refractivity contribution in [2.45, 2.75) is 19.4 Å². The third kappa shape index (κ3) is 4.15. The number of likely N-dealkylation sites (tertiary alicyclic amines) is 1. The standard InChI is InChI=1S/C12H19N5O4/c1-21-12(20)13-10-6-17(15-14-10)7-11(19)16-4-2-3-9(5-16)8-18/h6,9,18H,2-5,7-8H2,1H3,(H,13,20). The average Bonchev–Trinajstić information content (AvgIpc) is 2.94. The molecule has 1 unspecified atom stereocenters. The molecule has 9 nitrogen and oxygen atoms in total. The SMILES string of the molecule is COC(=O)Nc1cn(CC(=O)N2CCCC(CO)C2)nn1. The molecule has 1 aliphatic heterocycles. The number of aliphatic hydroxyl groups excluding tert-OH is 1. The van der Waals surface area contributed by atoms with Gasteiger partial charge in [-0.2, -0.15) is 0 Å². The van der Waals surface area contributed by atoms with E-state index in [-0.39, 0.29) is 30.8 Å². The fraction of sp³-hybridized carbons (Fsp3) is 0.667. The van der Waals surface area contributed by atoms with Crippen LogP contribution in [0.25, 0.3) is 0 Å². The van der Waals surface area contributed by atoms with Crippen molar-refractivity contribution in [3.8, 4) is 0 Å². The van der Waals surface area contributed by atoms with E-state index in [1.165, 1.54) is 18.0 Å². The summed E-state index contributed by atoms with van der Waals surface area (Å²) in [6, 6.07) is 0. The van der Waals surface area contributed by atoms with E-state index in [2.05, 4.69) is 20.4 Å². The molecule has 1 fully saturated rings. The normalized spacial score (nSPS) is 18.4. The van der Waals surface area contributed by atoms with Gasteiger partial charge in [0.2, 0.25) is 5.91 Å². The van der Waals surface area contributed by atoms with Gasteiger partial charge >= 0.3 is 6.09 Å². The number of aliphatic hydroxyl groups is 1. The molecule has 2 amide bonds. The maximum atomic E-state index is 12.2. The first-order valence-corrected chi connectivity index (χ1v) is 6.76. The van der Waals surface area contributed by atoms with E-state index in [9.17, 15) is 14.7 Å². The molecule has 0 spiro atoms. The van der Waals surface area contributed by atoms with Crippen LogP contribution >= 0.6 is 0 Å². The topological polar surface area (TPSA) is 110 Å². The van der Waals surface area contributed by atoms with Gasteiger partial charge in [0.25, 0.3) is 0 Å². The predicted molar refractivity (Wildman–Crippen MR) is 72.4 cm³/mol. The van der Waals surface area contributed by atoms with E-state index in [0.29, 0.717) is 13.1 Å². The van der Waals surface area contributed by atoms with E-state index in [1.807, 2.05) is 0 Å². The van der Waals surface area contributed by atoms with Crippen LogP contribution in [0.5, 0.6) is 0 Å². The highest BCUT2D eigenvalue weighted by Crippen LogP contribution is 2.16. The van der Waals surface area contributed by atoms with Crippen LogP contribution in [0.2, 0.25) is 0 Å². The highest BCUT2D eigenvalue weighted by Gasteiger charge is 2.23. The molecule has 0 bridgehead atoms. The monoisotopic (exact) mass is 297 g/mol. The number of piperidine rings is 1. The Balaban J connectivity index is 1.89. The highest BCUT2D eigenvalue weighted by molar-refractivity contribution is 5.82. The average molecular weight is 297 g/mol. The number of ether oxygens (including phenoxy) is 1. The zero-order chi connectivity index (χ0) is 15.2. The van der Waals surface area contributed by atoms with Gasteiger partial charge in [-0.1, -0.05) is 5.21 Å². The van der Waals surface area contributed by atoms with Gasteiger partial charge in [-0.25, -0.2) is 9.48 Å². The van der Waals surface area contributed by atoms with Gasteiger partial charge in [0.1, 0.15) is 6.54 Å². The van der Waals surface area contributed by atoms with Crippen molar-refractivity contribution in [3.05, 3.63) is 6.20 Å². The molecule has 2 N–H and O–H groups in total. The quantitative estimate of drug-likeness (QED) is 0.788. The van der Waals surface area contributed by atoms with Crippen molar-refractivity contribution in [3.63, 3.8) is 0 Å². The fourth-order valence-corrected chi connectivity index (χ4v) is 2.27. The minimum absolute atomic E-state index is 0.0496. The van der Waals surface area contributed by atoms with Crippen molar-refractivity contribution in [1.29, 1.82) is 0 Å². The lowest BCUT2D eigenvalue weighted by Crippen LogP contribution is -2.42. The Morgan fingerprint density at radius 3 is 3.10 bits per heavy atom. The maximum Gasteiger partial charge on any atom is 0.412 e.